The topological polar surface area (TPSA) is 47.6 Å². The van der Waals surface area contributed by atoms with Gasteiger partial charge in [0.2, 0.25) is 0 Å². The van der Waals surface area contributed by atoms with Gasteiger partial charge in [-0.25, -0.2) is 0 Å². The van der Waals surface area contributed by atoms with Crippen molar-refractivity contribution in [2.75, 3.05) is 13.2 Å². The first-order valence-electron chi connectivity index (χ1n) is 9.11. The Morgan fingerprint density at radius 1 is 1.00 bits per heavy atom. The van der Waals surface area contributed by atoms with Crippen LogP contribution in [0.3, 0.4) is 0 Å². The molecule has 0 aliphatic heterocycles. The fourth-order valence-corrected chi connectivity index (χ4v) is 2.80. The number of amides is 1. The number of aryl methyl sites for hydroxylation is 4. The highest BCUT2D eigenvalue weighted by Gasteiger charge is 2.18. The van der Waals surface area contributed by atoms with Gasteiger partial charge in [0.25, 0.3) is 5.91 Å². The third-order valence-corrected chi connectivity index (χ3v) is 4.14. The first kappa shape index (κ1) is 19.8. The molecule has 0 aliphatic rings. The minimum absolute atomic E-state index is 0.115. The second-order valence-electron chi connectivity index (χ2n) is 6.75. The third-order valence-electron chi connectivity index (χ3n) is 4.14. The van der Waals surface area contributed by atoms with Gasteiger partial charge in [0.05, 0.1) is 6.54 Å². The van der Waals surface area contributed by atoms with Crippen molar-refractivity contribution in [3.05, 3.63) is 58.7 Å². The van der Waals surface area contributed by atoms with Crippen LogP contribution in [0.15, 0.2) is 36.4 Å². The highest BCUT2D eigenvalue weighted by Crippen LogP contribution is 2.19. The lowest BCUT2D eigenvalue weighted by molar-refractivity contribution is -0.128. The van der Waals surface area contributed by atoms with Crippen molar-refractivity contribution in [3.8, 4) is 11.5 Å². The van der Waals surface area contributed by atoms with Gasteiger partial charge in [-0.15, -0.1) is 0 Å². The Morgan fingerprint density at radius 3 is 2.35 bits per heavy atom. The molecular formula is C22H29NO3. The molecule has 1 N–H and O–H groups in total. The SMILES string of the molecule is CC[C@H](Oc1cc(C)cc(C)c1)C(=O)NCCOc1cc(C)ccc1C. The Labute approximate surface area is 156 Å². The average Bonchev–Trinajstić information content (AvgIpc) is 2.58. The van der Waals surface area contributed by atoms with E-state index in [-0.39, 0.29) is 5.91 Å². The van der Waals surface area contributed by atoms with E-state index in [1.807, 2.05) is 58.9 Å². The van der Waals surface area contributed by atoms with Crippen molar-refractivity contribution in [3.63, 3.8) is 0 Å². The predicted molar refractivity (Wildman–Crippen MR) is 105 cm³/mol. The zero-order valence-electron chi connectivity index (χ0n) is 16.4. The summed E-state index contributed by atoms with van der Waals surface area (Å²) in [6.07, 6.45) is 0.105. The molecule has 2 aromatic carbocycles. The summed E-state index contributed by atoms with van der Waals surface area (Å²) in [5.74, 6) is 1.48. The Balaban J connectivity index is 1.84. The lowest BCUT2D eigenvalue weighted by Crippen LogP contribution is -2.39. The summed E-state index contributed by atoms with van der Waals surface area (Å²) in [6, 6.07) is 12.1. The van der Waals surface area contributed by atoms with Crippen LogP contribution in [0.2, 0.25) is 0 Å². The molecule has 0 fully saturated rings. The summed E-state index contributed by atoms with van der Waals surface area (Å²) in [6.45, 7) is 10.9. The molecule has 0 spiro atoms. The maximum Gasteiger partial charge on any atom is 0.261 e. The Hall–Kier alpha value is -2.49. The molecule has 4 nitrogen and oxygen atoms in total. The quantitative estimate of drug-likeness (QED) is 0.719. The van der Waals surface area contributed by atoms with Gasteiger partial charge < -0.3 is 14.8 Å². The van der Waals surface area contributed by atoms with E-state index in [9.17, 15) is 4.79 Å². The van der Waals surface area contributed by atoms with Crippen LogP contribution in [0.4, 0.5) is 0 Å². The second kappa shape index (κ2) is 9.27. The van der Waals surface area contributed by atoms with Crippen LogP contribution in [0, 0.1) is 27.7 Å². The summed E-state index contributed by atoms with van der Waals surface area (Å²) >= 11 is 0. The molecule has 0 bridgehead atoms. The van der Waals surface area contributed by atoms with Crippen LogP contribution < -0.4 is 14.8 Å². The fourth-order valence-electron chi connectivity index (χ4n) is 2.80. The van der Waals surface area contributed by atoms with Crippen molar-refractivity contribution in [1.29, 1.82) is 0 Å². The number of hydrogen-bond acceptors (Lipinski definition) is 3. The van der Waals surface area contributed by atoms with E-state index in [1.54, 1.807) is 0 Å². The van der Waals surface area contributed by atoms with Crippen molar-refractivity contribution in [2.45, 2.75) is 47.1 Å². The molecular weight excluding hydrogens is 326 g/mol. The van der Waals surface area contributed by atoms with Crippen LogP contribution in [0.5, 0.6) is 11.5 Å². The number of carbonyl (C=O) groups is 1. The third kappa shape index (κ3) is 5.80. The van der Waals surface area contributed by atoms with Crippen LogP contribution in [-0.4, -0.2) is 25.2 Å². The van der Waals surface area contributed by atoms with E-state index in [2.05, 4.69) is 17.4 Å². The molecule has 0 aromatic heterocycles. The minimum Gasteiger partial charge on any atom is -0.491 e. The number of rotatable bonds is 8. The standard InChI is InChI=1S/C22H29NO3/c1-6-20(26-19-12-16(3)11-17(4)13-19)22(24)23-9-10-25-21-14-15(2)7-8-18(21)5/h7-8,11-14,20H,6,9-10H2,1-5H3,(H,23,24)/t20-/m0/s1. The minimum atomic E-state index is -0.503. The monoisotopic (exact) mass is 355 g/mol. The van der Waals surface area contributed by atoms with E-state index in [0.29, 0.717) is 19.6 Å². The summed E-state index contributed by atoms with van der Waals surface area (Å²) < 4.78 is 11.7. The van der Waals surface area contributed by atoms with Gasteiger partial charge in [-0.05, 0) is 74.6 Å². The van der Waals surface area contributed by atoms with E-state index < -0.39 is 6.10 Å². The molecule has 26 heavy (non-hydrogen) atoms. The fraction of sp³-hybridized carbons (Fsp3) is 0.409. The van der Waals surface area contributed by atoms with Crippen molar-refractivity contribution in [1.82, 2.24) is 5.32 Å². The van der Waals surface area contributed by atoms with Crippen molar-refractivity contribution in [2.24, 2.45) is 0 Å². The molecule has 0 saturated carbocycles. The molecule has 2 aromatic rings. The van der Waals surface area contributed by atoms with Crippen LogP contribution in [-0.2, 0) is 4.79 Å². The zero-order valence-corrected chi connectivity index (χ0v) is 16.4. The largest absolute Gasteiger partial charge is 0.491 e. The average molecular weight is 355 g/mol. The smallest absolute Gasteiger partial charge is 0.261 e. The molecule has 1 amide bonds. The Kier molecular flexibility index (Phi) is 7.07. The van der Waals surface area contributed by atoms with Gasteiger partial charge in [-0.3, -0.25) is 4.79 Å². The van der Waals surface area contributed by atoms with Gasteiger partial charge in [-0.2, -0.15) is 0 Å². The molecule has 1 atom stereocenters. The summed E-state index contributed by atoms with van der Waals surface area (Å²) in [4.78, 5) is 12.4. The van der Waals surface area contributed by atoms with E-state index in [0.717, 1.165) is 33.8 Å². The van der Waals surface area contributed by atoms with E-state index >= 15 is 0 Å². The van der Waals surface area contributed by atoms with Gasteiger partial charge >= 0.3 is 0 Å². The van der Waals surface area contributed by atoms with Crippen molar-refractivity contribution < 1.29 is 14.3 Å². The van der Waals surface area contributed by atoms with Gasteiger partial charge in [0.15, 0.2) is 6.10 Å². The first-order chi connectivity index (χ1) is 12.4. The lowest BCUT2D eigenvalue weighted by atomic mass is 10.1. The van der Waals surface area contributed by atoms with Gasteiger partial charge in [0, 0.05) is 0 Å². The van der Waals surface area contributed by atoms with Gasteiger partial charge in [-0.1, -0.05) is 25.1 Å². The van der Waals surface area contributed by atoms with E-state index in [1.165, 1.54) is 0 Å². The molecule has 0 heterocycles. The number of benzene rings is 2. The molecule has 4 heteroatoms. The van der Waals surface area contributed by atoms with Crippen LogP contribution in [0.25, 0.3) is 0 Å². The summed E-state index contributed by atoms with van der Waals surface area (Å²) in [7, 11) is 0. The maximum atomic E-state index is 12.4. The Bertz CT molecular complexity index is 735. The number of ether oxygens (including phenoxy) is 2. The summed E-state index contributed by atoms with van der Waals surface area (Å²) in [5.41, 5.74) is 4.49. The molecule has 0 unspecified atom stereocenters. The summed E-state index contributed by atoms with van der Waals surface area (Å²) in [5, 5.41) is 2.90. The maximum absolute atomic E-state index is 12.4. The molecule has 2 rings (SSSR count). The van der Waals surface area contributed by atoms with Gasteiger partial charge in [0.1, 0.15) is 18.1 Å². The normalized spacial score (nSPS) is 11.7. The molecule has 140 valence electrons. The first-order valence-corrected chi connectivity index (χ1v) is 9.11. The van der Waals surface area contributed by atoms with Crippen LogP contribution in [0.1, 0.15) is 35.6 Å². The second-order valence-corrected chi connectivity index (χ2v) is 6.75. The zero-order chi connectivity index (χ0) is 19.1. The highest BCUT2D eigenvalue weighted by molar-refractivity contribution is 5.81. The Morgan fingerprint density at radius 2 is 1.69 bits per heavy atom. The van der Waals surface area contributed by atoms with Crippen molar-refractivity contribution >= 4 is 5.91 Å². The molecule has 0 saturated heterocycles. The number of carbonyl (C=O) groups excluding carboxylic acids is 1. The van der Waals surface area contributed by atoms with Crippen LogP contribution >= 0.6 is 0 Å². The number of hydrogen-bond donors (Lipinski definition) is 1. The number of nitrogens with one attached hydrogen (secondary N) is 1. The highest BCUT2D eigenvalue weighted by atomic mass is 16.5. The van der Waals surface area contributed by atoms with E-state index in [4.69, 9.17) is 9.47 Å². The lowest BCUT2D eigenvalue weighted by Gasteiger charge is -2.18. The molecule has 0 aliphatic carbocycles. The predicted octanol–water partition coefficient (Wildman–Crippen LogP) is 4.27. The molecule has 0 radical (unpaired) electrons.